The zero-order valence-corrected chi connectivity index (χ0v) is 22.5. The lowest BCUT2D eigenvalue weighted by Gasteiger charge is -2.37. The van der Waals surface area contributed by atoms with E-state index in [0.29, 0.717) is 38.9 Å². The van der Waals surface area contributed by atoms with Gasteiger partial charge in [-0.3, -0.25) is 4.72 Å². The fourth-order valence-electron chi connectivity index (χ4n) is 5.02. The Bertz CT molecular complexity index is 1410. The topological polar surface area (TPSA) is 121 Å². The summed E-state index contributed by atoms with van der Waals surface area (Å²) in [5, 5.41) is 4.84. The average Bonchev–Trinajstić information content (AvgIpc) is 3.32. The van der Waals surface area contributed by atoms with Crippen LogP contribution >= 0.6 is 12.0 Å². The Balaban J connectivity index is 1.71. The smallest absolute Gasteiger partial charge is 0.341 e. The Kier molecular flexibility index (Phi) is 7.60. The number of ether oxygens (including phenoxy) is 1. The second-order valence-corrected chi connectivity index (χ2v) is 12.0. The van der Waals surface area contributed by atoms with Crippen molar-refractivity contribution >= 4 is 45.9 Å². The first-order valence-corrected chi connectivity index (χ1v) is 14.2. The molecule has 2 unspecified atom stereocenters. The third-order valence-corrected chi connectivity index (χ3v) is 7.67. The largest absolute Gasteiger partial charge is 0.458 e. The maximum Gasteiger partial charge on any atom is 0.341 e. The molecule has 4 rings (SSSR count). The normalized spacial score (nSPS) is 22.6. The molecule has 10 nitrogen and oxygen atoms in total. The molecule has 1 fully saturated rings. The van der Waals surface area contributed by atoms with Gasteiger partial charge in [0.2, 0.25) is 10.0 Å². The van der Waals surface area contributed by atoms with Gasteiger partial charge in [0.15, 0.2) is 11.5 Å². The number of rotatable bonds is 8. The molecular formula is C24H30N4O6S2. The molecule has 12 heteroatoms. The van der Waals surface area contributed by atoms with Crippen LogP contribution in [0.25, 0.3) is 23.6 Å². The summed E-state index contributed by atoms with van der Waals surface area (Å²) in [6.07, 6.45) is 2.87. The van der Waals surface area contributed by atoms with E-state index >= 15 is 0 Å². The lowest BCUT2D eigenvalue weighted by atomic mass is 9.75. The van der Waals surface area contributed by atoms with Crippen molar-refractivity contribution in [2.75, 3.05) is 18.1 Å². The highest BCUT2D eigenvalue weighted by Gasteiger charge is 2.36. The van der Waals surface area contributed by atoms with Gasteiger partial charge in [-0.15, -0.1) is 5.10 Å². The van der Waals surface area contributed by atoms with Crippen molar-refractivity contribution in [3.63, 3.8) is 0 Å². The van der Waals surface area contributed by atoms with Crippen LogP contribution < -0.4 is 10.1 Å². The van der Waals surface area contributed by atoms with Crippen molar-refractivity contribution in [3.05, 3.63) is 35.2 Å². The van der Waals surface area contributed by atoms with Crippen LogP contribution in [0, 0.1) is 17.8 Å². The highest BCUT2D eigenvalue weighted by molar-refractivity contribution is 7.94. The first kappa shape index (κ1) is 26.4. The van der Waals surface area contributed by atoms with E-state index in [-0.39, 0.29) is 23.5 Å². The van der Waals surface area contributed by atoms with Crippen molar-refractivity contribution in [1.29, 1.82) is 0 Å². The summed E-state index contributed by atoms with van der Waals surface area (Å²) < 4.78 is 38.2. The monoisotopic (exact) mass is 534 g/mol. The van der Waals surface area contributed by atoms with E-state index in [1.165, 1.54) is 11.6 Å². The highest BCUT2D eigenvalue weighted by atomic mass is 32.2. The van der Waals surface area contributed by atoms with Gasteiger partial charge in [0, 0.05) is 11.3 Å². The van der Waals surface area contributed by atoms with Crippen LogP contribution in [0.3, 0.4) is 0 Å². The number of esters is 1. The number of sulfonamides is 1. The number of nitrogens with zero attached hydrogens (tertiary/aromatic N) is 3. The van der Waals surface area contributed by atoms with Gasteiger partial charge in [0.05, 0.1) is 35.7 Å². The van der Waals surface area contributed by atoms with Gasteiger partial charge in [0.25, 0.3) is 0 Å². The van der Waals surface area contributed by atoms with Crippen LogP contribution in [0.15, 0.2) is 29.2 Å². The fourth-order valence-corrected chi connectivity index (χ4v) is 6.20. The van der Waals surface area contributed by atoms with E-state index in [4.69, 9.17) is 14.0 Å². The number of carbonyl (C=O) groups is 1. The van der Waals surface area contributed by atoms with Gasteiger partial charge >= 0.3 is 5.97 Å². The van der Waals surface area contributed by atoms with Crippen molar-refractivity contribution in [2.24, 2.45) is 17.8 Å². The van der Waals surface area contributed by atoms with E-state index < -0.39 is 16.0 Å². The van der Waals surface area contributed by atoms with Crippen LogP contribution in [-0.2, 0) is 24.0 Å². The molecule has 0 aliphatic heterocycles. The Morgan fingerprint density at radius 2 is 1.92 bits per heavy atom. The highest BCUT2D eigenvalue weighted by Crippen LogP contribution is 2.36. The maximum atomic E-state index is 13.4. The SMILES string of the molecule is C=c1c(C(=O)OC2C(C)CC(C)CC2C)c(SOOC)c2nc(-c3cccc(NS(C)(=O)=O)c3)nn12. The Morgan fingerprint density at radius 3 is 2.56 bits per heavy atom. The predicted molar refractivity (Wildman–Crippen MR) is 138 cm³/mol. The van der Waals surface area contributed by atoms with E-state index in [2.05, 4.69) is 42.2 Å². The van der Waals surface area contributed by atoms with Gasteiger partial charge in [-0.05, 0) is 42.7 Å². The first-order valence-electron chi connectivity index (χ1n) is 11.6. The van der Waals surface area contributed by atoms with E-state index in [0.717, 1.165) is 31.1 Å². The number of hydrogen-bond acceptors (Lipinski definition) is 9. The van der Waals surface area contributed by atoms with E-state index in [9.17, 15) is 13.2 Å². The van der Waals surface area contributed by atoms with Crippen LogP contribution in [0.4, 0.5) is 5.69 Å². The summed E-state index contributed by atoms with van der Waals surface area (Å²) in [7, 11) is -2.08. The zero-order valence-electron chi connectivity index (χ0n) is 20.8. The molecule has 2 atom stereocenters. The third kappa shape index (κ3) is 5.51. The molecule has 1 saturated carbocycles. The average molecular weight is 535 g/mol. The van der Waals surface area contributed by atoms with Crippen LogP contribution in [0.2, 0.25) is 0 Å². The summed E-state index contributed by atoms with van der Waals surface area (Å²) in [6.45, 7) is 10.5. The van der Waals surface area contributed by atoms with E-state index in [1.807, 2.05) is 0 Å². The fraction of sp³-hybridized carbons (Fsp3) is 0.458. The standard InChI is InChI=1S/C24H30N4O6S2/c1-13-10-14(2)20(15(3)11-13)33-24(29)19-16(4)28-23(21(19)35-34-32-5)25-22(26-28)17-8-7-9-18(12-17)27-36(6,30)31/h7-9,12-15,20,27H,4,10-11H2,1-3,5-6H3. The molecule has 36 heavy (non-hydrogen) atoms. The molecule has 0 spiro atoms. The number of benzene rings is 1. The molecule has 1 aromatic carbocycles. The summed E-state index contributed by atoms with van der Waals surface area (Å²) in [5.41, 5.74) is 1.54. The molecule has 0 bridgehead atoms. The van der Waals surface area contributed by atoms with Gasteiger partial charge in [-0.25, -0.2) is 27.6 Å². The quantitative estimate of drug-likeness (QED) is 0.199. The predicted octanol–water partition coefficient (Wildman–Crippen LogP) is 3.71. The van der Waals surface area contributed by atoms with Gasteiger partial charge in [0.1, 0.15) is 11.7 Å². The number of carbonyl (C=O) groups excluding carboxylic acids is 1. The molecule has 0 saturated heterocycles. The molecule has 1 aliphatic rings. The third-order valence-electron chi connectivity index (χ3n) is 6.31. The first-order chi connectivity index (χ1) is 17.0. The molecular weight excluding hydrogens is 504 g/mol. The Hall–Kier alpha value is -2.67. The molecule has 2 aromatic heterocycles. The molecule has 0 radical (unpaired) electrons. The second-order valence-electron chi connectivity index (χ2n) is 9.50. The van der Waals surface area contributed by atoms with Gasteiger partial charge in [-0.2, -0.15) is 4.33 Å². The van der Waals surface area contributed by atoms with Gasteiger partial charge in [-0.1, -0.05) is 39.5 Å². The molecule has 1 N–H and O–H groups in total. The van der Waals surface area contributed by atoms with Crippen LogP contribution in [-0.4, -0.2) is 48.5 Å². The second kappa shape index (κ2) is 10.4. The van der Waals surface area contributed by atoms with E-state index in [1.54, 1.807) is 24.3 Å². The zero-order chi connectivity index (χ0) is 26.2. The minimum Gasteiger partial charge on any atom is -0.458 e. The molecule has 2 heterocycles. The van der Waals surface area contributed by atoms with Gasteiger partial charge < -0.3 is 4.74 Å². The molecule has 0 amide bonds. The number of nitrogens with one attached hydrogen (secondary N) is 1. The number of hydrogen-bond donors (Lipinski definition) is 1. The minimum atomic E-state index is -3.44. The lowest BCUT2D eigenvalue weighted by molar-refractivity contribution is -0.160. The number of aromatic nitrogens is 3. The molecule has 1 aliphatic carbocycles. The number of anilines is 1. The molecule has 194 valence electrons. The lowest BCUT2D eigenvalue weighted by Crippen LogP contribution is -2.38. The van der Waals surface area contributed by atoms with Crippen molar-refractivity contribution in [3.8, 4) is 11.4 Å². The Labute approximate surface area is 214 Å². The van der Waals surface area contributed by atoms with Crippen molar-refractivity contribution < 1.29 is 27.2 Å². The summed E-state index contributed by atoms with van der Waals surface area (Å²) >= 11 is 0.831. The van der Waals surface area contributed by atoms with Crippen LogP contribution in [0.1, 0.15) is 44.0 Å². The van der Waals surface area contributed by atoms with Crippen LogP contribution in [0.5, 0.6) is 0 Å². The summed E-state index contributed by atoms with van der Waals surface area (Å²) in [5.74, 6) is 0.890. The van der Waals surface area contributed by atoms with Crippen molar-refractivity contribution in [2.45, 2.75) is 44.6 Å². The summed E-state index contributed by atoms with van der Waals surface area (Å²) in [4.78, 5) is 23.1. The molecule has 3 aromatic rings. The number of fused-ring (bicyclic) bond motifs is 1. The maximum absolute atomic E-state index is 13.4. The van der Waals surface area contributed by atoms with Crippen molar-refractivity contribution in [1.82, 2.24) is 14.6 Å². The summed E-state index contributed by atoms with van der Waals surface area (Å²) in [6, 6.07) is 6.70. The Morgan fingerprint density at radius 1 is 1.22 bits per heavy atom. The minimum absolute atomic E-state index is 0.204.